The van der Waals surface area contributed by atoms with Crippen LogP contribution in [0.15, 0.2) is 17.6 Å². The first kappa shape index (κ1) is 13.5. The van der Waals surface area contributed by atoms with Crippen LogP contribution >= 0.6 is 0 Å². The van der Waals surface area contributed by atoms with Crippen LogP contribution in [0.5, 0.6) is 0 Å². The maximum Gasteiger partial charge on any atom is 0.259 e. The van der Waals surface area contributed by atoms with Crippen LogP contribution in [0.1, 0.15) is 25.7 Å². The van der Waals surface area contributed by atoms with Crippen LogP contribution < -0.4 is 10.5 Å². The number of hydrogen-bond acceptors (Lipinski definition) is 4. The minimum absolute atomic E-state index is 0.0810. The van der Waals surface area contributed by atoms with E-state index in [2.05, 4.69) is 9.71 Å². The van der Waals surface area contributed by atoms with Gasteiger partial charge in [0.05, 0.1) is 6.33 Å². The number of sulfonamides is 1. The van der Waals surface area contributed by atoms with E-state index < -0.39 is 10.0 Å². The predicted molar refractivity (Wildman–Crippen MR) is 68.3 cm³/mol. The van der Waals surface area contributed by atoms with Crippen LogP contribution in [0, 0.1) is 5.92 Å². The van der Waals surface area contributed by atoms with Gasteiger partial charge in [-0.15, -0.1) is 0 Å². The zero-order valence-electron chi connectivity index (χ0n) is 10.5. The molecule has 7 heteroatoms. The summed E-state index contributed by atoms with van der Waals surface area (Å²) in [5.74, 6) is 0.392. The molecule has 0 aliphatic heterocycles. The van der Waals surface area contributed by atoms with Crippen molar-refractivity contribution in [2.75, 3.05) is 6.54 Å². The molecule has 0 bridgehead atoms. The standard InChI is InChI=1S/C11H20N4O2S/c1-15-7-11(13-8-15)18(16,17)14-6-9-2-4-10(12)5-3-9/h7-10,14H,2-6,12H2,1H3. The maximum absolute atomic E-state index is 11.9. The Balaban J connectivity index is 1.90. The Kier molecular flexibility index (Phi) is 4.04. The first-order chi connectivity index (χ1) is 8.47. The molecule has 1 saturated carbocycles. The monoisotopic (exact) mass is 272 g/mol. The second-order valence-electron chi connectivity index (χ2n) is 5.01. The molecule has 0 aromatic carbocycles. The highest BCUT2D eigenvalue weighted by atomic mass is 32.2. The molecule has 2 rings (SSSR count). The molecule has 1 fully saturated rings. The lowest BCUT2D eigenvalue weighted by Gasteiger charge is -2.25. The molecule has 3 N–H and O–H groups in total. The van der Waals surface area contributed by atoms with E-state index in [-0.39, 0.29) is 11.1 Å². The molecule has 1 aliphatic rings. The largest absolute Gasteiger partial charge is 0.339 e. The quantitative estimate of drug-likeness (QED) is 0.820. The summed E-state index contributed by atoms with van der Waals surface area (Å²) in [7, 11) is -1.72. The van der Waals surface area contributed by atoms with Crippen LogP contribution in [0.2, 0.25) is 0 Å². The van der Waals surface area contributed by atoms with Crippen molar-refractivity contribution in [2.45, 2.75) is 36.8 Å². The highest BCUT2D eigenvalue weighted by molar-refractivity contribution is 7.89. The summed E-state index contributed by atoms with van der Waals surface area (Å²) in [6.45, 7) is 0.478. The first-order valence-electron chi connectivity index (χ1n) is 6.20. The van der Waals surface area contributed by atoms with Crippen LogP contribution in [-0.4, -0.2) is 30.6 Å². The van der Waals surface area contributed by atoms with Gasteiger partial charge in [-0.3, -0.25) is 0 Å². The average Bonchev–Trinajstić information content (AvgIpc) is 2.76. The van der Waals surface area contributed by atoms with Crippen molar-refractivity contribution in [1.29, 1.82) is 0 Å². The van der Waals surface area contributed by atoms with Gasteiger partial charge in [-0.25, -0.2) is 18.1 Å². The molecule has 1 aliphatic carbocycles. The van der Waals surface area contributed by atoms with Gasteiger partial charge in [0.15, 0.2) is 5.03 Å². The van der Waals surface area contributed by atoms with E-state index in [1.54, 1.807) is 11.6 Å². The third kappa shape index (κ3) is 3.30. The topological polar surface area (TPSA) is 90.0 Å². The second-order valence-corrected chi connectivity index (χ2v) is 6.72. The highest BCUT2D eigenvalue weighted by Gasteiger charge is 2.22. The molecule has 0 saturated heterocycles. The average molecular weight is 272 g/mol. The van der Waals surface area contributed by atoms with Gasteiger partial charge in [-0.05, 0) is 31.6 Å². The van der Waals surface area contributed by atoms with E-state index in [0.29, 0.717) is 12.5 Å². The lowest BCUT2D eigenvalue weighted by molar-refractivity contribution is 0.326. The molecule has 102 valence electrons. The molecule has 1 aromatic heterocycles. The summed E-state index contributed by atoms with van der Waals surface area (Å²) in [6, 6.07) is 0.286. The lowest BCUT2D eigenvalue weighted by atomic mass is 9.87. The number of imidazole rings is 1. The number of aromatic nitrogens is 2. The zero-order chi connectivity index (χ0) is 13.2. The van der Waals surface area contributed by atoms with Gasteiger partial charge in [-0.2, -0.15) is 0 Å². The van der Waals surface area contributed by atoms with E-state index in [9.17, 15) is 8.42 Å². The van der Waals surface area contributed by atoms with Gasteiger partial charge in [0, 0.05) is 25.8 Å². The SMILES string of the molecule is Cn1cnc(S(=O)(=O)NCC2CCC(N)CC2)c1. The Morgan fingerprint density at radius 2 is 2.11 bits per heavy atom. The Morgan fingerprint density at radius 1 is 1.44 bits per heavy atom. The van der Waals surface area contributed by atoms with Crippen molar-refractivity contribution >= 4 is 10.0 Å². The molecule has 0 amide bonds. The molecule has 0 unspecified atom stereocenters. The minimum atomic E-state index is -3.47. The Labute approximate surface area is 108 Å². The number of rotatable bonds is 4. The fraction of sp³-hybridized carbons (Fsp3) is 0.727. The summed E-state index contributed by atoms with van der Waals surface area (Å²) in [6.07, 6.45) is 6.93. The summed E-state index contributed by atoms with van der Waals surface area (Å²) < 4.78 is 28.1. The smallest absolute Gasteiger partial charge is 0.259 e. The molecule has 0 atom stereocenters. The summed E-state index contributed by atoms with van der Waals surface area (Å²) >= 11 is 0. The maximum atomic E-state index is 11.9. The van der Waals surface area contributed by atoms with Gasteiger partial charge in [-0.1, -0.05) is 0 Å². The first-order valence-corrected chi connectivity index (χ1v) is 7.69. The van der Waals surface area contributed by atoms with Crippen LogP contribution in [0.3, 0.4) is 0 Å². The zero-order valence-corrected chi connectivity index (χ0v) is 11.4. The van der Waals surface area contributed by atoms with Crippen LogP contribution in [-0.2, 0) is 17.1 Å². The van der Waals surface area contributed by atoms with Gasteiger partial charge in [0.2, 0.25) is 0 Å². The number of aryl methyl sites for hydroxylation is 1. The van der Waals surface area contributed by atoms with Crippen molar-refractivity contribution in [1.82, 2.24) is 14.3 Å². The Hall–Kier alpha value is -0.920. The molecule has 0 spiro atoms. The lowest BCUT2D eigenvalue weighted by Crippen LogP contribution is -2.34. The van der Waals surface area contributed by atoms with Gasteiger partial charge in [0.1, 0.15) is 0 Å². The third-order valence-electron chi connectivity index (χ3n) is 3.41. The van der Waals surface area contributed by atoms with Gasteiger partial charge >= 0.3 is 0 Å². The van der Waals surface area contributed by atoms with Crippen molar-refractivity contribution in [3.63, 3.8) is 0 Å². The highest BCUT2D eigenvalue weighted by Crippen LogP contribution is 2.22. The molecule has 0 radical (unpaired) electrons. The van der Waals surface area contributed by atoms with Gasteiger partial charge in [0.25, 0.3) is 10.0 Å². The Bertz CT molecular complexity index is 489. The van der Waals surface area contributed by atoms with Crippen LogP contribution in [0.25, 0.3) is 0 Å². The van der Waals surface area contributed by atoms with Crippen molar-refractivity contribution in [3.05, 3.63) is 12.5 Å². The second kappa shape index (κ2) is 5.38. The molecule has 6 nitrogen and oxygen atoms in total. The molecular weight excluding hydrogens is 252 g/mol. The van der Waals surface area contributed by atoms with Crippen molar-refractivity contribution < 1.29 is 8.42 Å². The fourth-order valence-corrected chi connectivity index (χ4v) is 3.32. The number of nitrogens with one attached hydrogen (secondary N) is 1. The minimum Gasteiger partial charge on any atom is -0.339 e. The summed E-state index contributed by atoms with van der Waals surface area (Å²) in [5, 5.41) is 0.0810. The van der Waals surface area contributed by atoms with Gasteiger partial charge < -0.3 is 10.3 Å². The predicted octanol–water partition coefficient (Wildman–Crippen LogP) is 0.216. The molecule has 1 heterocycles. The van der Waals surface area contributed by atoms with Crippen molar-refractivity contribution in [3.8, 4) is 0 Å². The van der Waals surface area contributed by atoms with E-state index in [0.717, 1.165) is 25.7 Å². The molecule has 18 heavy (non-hydrogen) atoms. The molecule has 1 aromatic rings. The number of hydrogen-bond donors (Lipinski definition) is 2. The normalized spacial score (nSPS) is 25.2. The van der Waals surface area contributed by atoms with E-state index >= 15 is 0 Å². The number of nitrogens with zero attached hydrogens (tertiary/aromatic N) is 2. The third-order valence-corrected chi connectivity index (χ3v) is 4.72. The summed E-state index contributed by atoms with van der Waals surface area (Å²) in [5.41, 5.74) is 5.82. The van der Waals surface area contributed by atoms with Crippen LogP contribution in [0.4, 0.5) is 0 Å². The van der Waals surface area contributed by atoms with E-state index in [1.807, 2.05) is 0 Å². The number of nitrogens with two attached hydrogens (primary N) is 1. The fourth-order valence-electron chi connectivity index (χ4n) is 2.22. The van der Waals surface area contributed by atoms with E-state index in [4.69, 9.17) is 5.73 Å². The van der Waals surface area contributed by atoms with Crippen molar-refractivity contribution in [2.24, 2.45) is 18.7 Å². The molecular formula is C11H20N4O2S. The van der Waals surface area contributed by atoms with E-state index in [1.165, 1.54) is 12.5 Å². The Morgan fingerprint density at radius 3 is 2.67 bits per heavy atom. The summed E-state index contributed by atoms with van der Waals surface area (Å²) in [4.78, 5) is 3.86.